The second-order valence-corrected chi connectivity index (χ2v) is 6.87. The van der Waals surface area contributed by atoms with E-state index in [4.69, 9.17) is 11.6 Å². The largest absolute Gasteiger partial charge is 0.337 e. The molecule has 2 aromatic heterocycles. The van der Waals surface area contributed by atoms with Crippen LogP contribution in [-0.4, -0.2) is 9.97 Å². The molecule has 0 unspecified atom stereocenters. The Kier molecular flexibility index (Phi) is 3.27. The molecule has 0 spiro atoms. The van der Waals surface area contributed by atoms with Crippen LogP contribution in [0.5, 0.6) is 0 Å². The summed E-state index contributed by atoms with van der Waals surface area (Å²) in [5.74, 6) is 0.890. The molecule has 0 bridgehead atoms. The van der Waals surface area contributed by atoms with E-state index >= 15 is 0 Å². The molecule has 0 saturated carbocycles. The maximum atomic E-state index is 14.2. The van der Waals surface area contributed by atoms with Gasteiger partial charge in [0.25, 0.3) is 0 Å². The second-order valence-electron chi connectivity index (χ2n) is 5.38. The van der Waals surface area contributed by atoms with Crippen molar-refractivity contribution in [1.29, 1.82) is 0 Å². The highest BCUT2D eigenvalue weighted by atomic mass is 35.5. The van der Waals surface area contributed by atoms with Crippen molar-refractivity contribution < 1.29 is 4.39 Å². The van der Waals surface area contributed by atoms with Crippen LogP contribution in [0.25, 0.3) is 10.2 Å². The molecule has 1 N–H and O–H groups in total. The van der Waals surface area contributed by atoms with E-state index in [0.29, 0.717) is 17.3 Å². The van der Waals surface area contributed by atoms with E-state index in [-0.39, 0.29) is 5.02 Å². The molecule has 2 heterocycles. The van der Waals surface area contributed by atoms with E-state index in [1.807, 2.05) is 6.92 Å². The standard InChI is InChI=1S/C16H13ClFN3S/c1-8-19-15(21-11-6-3-5-10(17)14(11)18)13-9-4-2-7-12(9)22-16(13)20-8/h3,5-6H,2,4,7H2,1H3,(H,19,20,21). The van der Waals surface area contributed by atoms with Gasteiger partial charge < -0.3 is 5.32 Å². The van der Waals surface area contributed by atoms with Crippen LogP contribution in [0.4, 0.5) is 15.9 Å². The second kappa shape index (κ2) is 5.18. The summed E-state index contributed by atoms with van der Waals surface area (Å²) in [5, 5.41) is 4.24. The zero-order valence-corrected chi connectivity index (χ0v) is 13.5. The molecule has 1 aliphatic carbocycles. The first-order valence-electron chi connectivity index (χ1n) is 7.13. The fourth-order valence-corrected chi connectivity index (χ4v) is 4.40. The van der Waals surface area contributed by atoms with E-state index in [0.717, 1.165) is 29.5 Å². The van der Waals surface area contributed by atoms with Crippen LogP contribution < -0.4 is 5.32 Å². The van der Waals surface area contributed by atoms with Gasteiger partial charge in [0.05, 0.1) is 16.1 Å². The third-order valence-corrected chi connectivity index (χ3v) is 5.36. The monoisotopic (exact) mass is 333 g/mol. The molecule has 0 fully saturated rings. The Morgan fingerprint density at radius 1 is 1.27 bits per heavy atom. The summed E-state index contributed by atoms with van der Waals surface area (Å²) in [6.07, 6.45) is 3.30. The van der Waals surface area contributed by atoms with Crippen molar-refractivity contribution in [3.63, 3.8) is 0 Å². The number of thiophene rings is 1. The maximum absolute atomic E-state index is 14.2. The van der Waals surface area contributed by atoms with Gasteiger partial charge in [-0.05, 0) is 43.9 Å². The lowest BCUT2D eigenvalue weighted by atomic mass is 10.2. The van der Waals surface area contributed by atoms with Crippen LogP contribution in [0.2, 0.25) is 5.02 Å². The Morgan fingerprint density at radius 3 is 3.00 bits per heavy atom. The molecule has 6 heteroatoms. The number of hydrogen-bond acceptors (Lipinski definition) is 4. The molecule has 0 radical (unpaired) electrons. The predicted octanol–water partition coefficient (Wildman–Crippen LogP) is 5.02. The minimum absolute atomic E-state index is 0.0996. The quantitative estimate of drug-likeness (QED) is 0.715. The van der Waals surface area contributed by atoms with Gasteiger partial charge in [0.1, 0.15) is 16.5 Å². The molecule has 0 saturated heterocycles. The summed E-state index contributed by atoms with van der Waals surface area (Å²) in [6, 6.07) is 4.92. The van der Waals surface area contributed by atoms with Crippen molar-refractivity contribution in [1.82, 2.24) is 9.97 Å². The van der Waals surface area contributed by atoms with Gasteiger partial charge in [-0.2, -0.15) is 0 Å². The molecule has 4 rings (SSSR count). The molecular weight excluding hydrogens is 321 g/mol. The van der Waals surface area contributed by atoms with E-state index in [1.54, 1.807) is 23.5 Å². The SMILES string of the molecule is Cc1nc(Nc2cccc(Cl)c2F)c2c3c(sc2n1)CCC3. The third-order valence-electron chi connectivity index (χ3n) is 3.88. The van der Waals surface area contributed by atoms with Crippen molar-refractivity contribution in [2.45, 2.75) is 26.2 Å². The predicted molar refractivity (Wildman–Crippen MR) is 88.9 cm³/mol. The highest BCUT2D eigenvalue weighted by molar-refractivity contribution is 7.19. The topological polar surface area (TPSA) is 37.8 Å². The first kappa shape index (κ1) is 13.9. The highest BCUT2D eigenvalue weighted by Gasteiger charge is 2.22. The zero-order valence-electron chi connectivity index (χ0n) is 11.9. The van der Waals surface area contributed by atoms with Crippen molar-refractivity contribution >= 4 is 44.7 Å². The van der Waals surface area contributed by atoms with E-state index in [1.165, 1.54) is 16.5 Å². The van der Waals surface area contributed by atoms with E-state index in [9.17, 15) is 4.39 Å². The van der Waals surface area contributed by atoms with Crippen LogP contribution in [0.3, 0.4) is 0 Å². The number of rotatable bonds is 2. The van der Waals surface area contributed by atoms with Gasteiger partial charge in [0.15, 0.2) is 5.82 Å². The number of benzene rings is 1. The zero-order chi connectivity index (χ0) is 15.3. The van der Waals surface area contributed by atoms with Crippen LogP contribution in [0, 0.1) is 12.7 Å². The van der Waals surface area contributed by atoms with Gasteiger partial charge in [-0.15, -0.1) is 11.3 Å². The van der Waals surface area contributed by atoms with Crippen molar-refractivity contribution in [2.75, 3.05) is 5.32 Å². The minimum atomic E-state index is -0.458. The maximum Gasteiger partial charge on any atom is 0.165 e. The lowest BCUT2D eigenvalue weighted by Crippen LogP contribution is -2.00. The minimum Gasteiger partial charge on any atom is -0.337 e. The number of anilines is 2. The molecule has 0 aliphatic heterocycles. The number of fused-ring (bicyclic) bond motifs is 3. The summed E-state index contributed by atoms with van der Waals surface area (Å²) >= 11 is 7.58. The van der Waals surface area contributed by atoms with E-state index < -0.39 is 5.82 Å². The van der Waals surface area contributed by atoms with Crippen molar-refractivity contribution in [3.8, 4) is 0 Å². The number of aryl methyl sites for hydroxylation is 3. The third kappa shape index (κ3) is 2.16. The highest BCUT2D eigenvalue weighted by Crippen LogP contribution is 2.40. The fourth-order valence-electron chi connectivity index (χ4n) is 2.92. The van der Waals surface area contributed by atoms with Crippen LogP contribution in [0.1, 0.15) is 22.7 Å². The Morgan fingerprint density at radius 2 is 2.14 bits per heavy atom. The van der Waals surface area contributed by atoms with Gasteiger partial charge in [0.2, 0.25) is 0 Å². The summed E-state index contributed by atoms with van der Waals surface area (Å²) in [4.78, 5) is 11.4. The first-order valence-corrected chi connectivity index (χ1v) is 8.33. The van der Waals surface area contributed by atoms with Crippen LogP contribution in [-0.2, 0) is 12.8 Å². The normalized spacial score (nSPS) is 13.6. The molecule has 1 aromatic carbocycles. The molecule has 112 valence electrons. The molecule has 0 amide bonds. The number of nitrogens with zero attached hydrogens (tertiary/aromatic N) is 2. The Hall–Kier alpha value is -1.72. The first-order chi connectivity index (χ1) is 10.6. The van der Waals surface area contributed by atoms with Crippen molar-refractivity contribution in [3.05, 3.63) is 45.3 Å². The molecule has 1 aliphatic rings. The summed E-state index contributed by atoms with van der Waals surface area (Å²) in [5.41, 5.74) is 1.65. The molecule has 3 aromatic rings. The van der Waals surface area contributed by atoms with Crippen molar-refractivity contribution in [2.24, 2.45) is 0 Å². The molecule has 22 heavy (non-hydrogen) atoms. The number of halogens is 2. The van der Waals surface area contributed by atoms with Crippen LogP contribution >= 0.6 is 22.9 Å². The fraction of sp³-hybridized carbons (Fsp3) is 0.250. The van der Waals surface area contributed by atoms with Gasteiger partial charge in [-0.1, -0.05) is 17.7 Å². The summed E-state index contributed by atoms with van der Waals surface area (Å²) < 4.78 is 14.2. The summed E-state index contributed by atoms with van der Waals surface area (Å²) in [6.45, 7) is 1.85. The Labute approximate surface area is 136 Å². The molecule has 0 atom stereocenters. The molecule has 3 nitrogen and oxygen atoms in total. The van der Waals surface area contributed by atoms with Crippen LogP contribution in [0.15, 0.2) is 18.2 Å². The smallest absolute Gasteiger partial charge is 0.165 e. The summed E-state index contributed by atoms with van der Waals surface area (Å²) in [7, 11) is 0. The Balaban J connectivity index is 1.89. The average molecular weight is 334 g/mol. The van der Waals surface area contributed by atoms with E-state index in [2.05, 4.69) is 15.3 Å². The molecular formula is C16H13ClFN3S. The number of hydrogen-bond donors (Lipinski definition) is 1. The van der Waals surface area contributed by atoms with Gasteiger partial charge in [0, 0.05) is 4.88 Å². The Bertz CT molecular complexity index is 891. The van der Waals surface area contributed by atoms with Gasteiger partial charge >= 0.3 is 0 Å². The lowest BCUT2D eigenvalue weighted by Gasteiger charge is -2.10. The van der Waals surface area contributed by atoms with Gasteiger partial charge in [-0.25, -0.2) is 14.4 Å². The number of aromatic nitrogens is 2. The number of nitrogens with one attached hydrogen (secondary N) is 1. The average Bonchev–Trinajstić information content (AvgIpc) is 3.03. The van der Waals surface area contributed by atoms with Gasteiger partial charge in [-0.3, -0.25) is 0 Å². The lowest BCUT2D eigenvalue weighted by molar-refractivity contribution is 0.632.